The van der Waals surface area contributed by atoms with Crippen molar-refractivity contribution in [3.8, 4) is 0 Å². The Balaban J connectivity index is 1.53. The van der Waals surface area contributed by atoms with Gasteiger partial charge in [0, 0.05) is 29.3 Å². The third-order valence-corrected chi connectivity index (χ3v) is 7.50. The number of fused-ring (bicyclic) bond motifs is 1. The maximum atomic E-state index is 14.4. The smallest absolute Gasteiger partial charge is 0.320 e. The molecule has 2 aromatic heterocycles. The number of amides is 1. The van der Waals surface area contributed by atoms with Gasteiger partial charge in [-0.15, -0.1) is 0 Å². The van der Waals surface area contributed by atoms with Crippen molar-refractivity contribution >= 4 is 23.4 Å². The van der Waals surface area contributed by atoms with Crippen LogP contribution >= 0.6 is 11.8 Å². The Kier molecular flexibility index (Phi) is 4.78. The van der Waals surface area contributed by atoms with Gasteiger partial charge in [0.05, 0.1) is 11.4 Å². The first-order valence-electron chi connectivity index (χ1n) is 10.5. The van der Waals surface area contributed by atoms with Crippen LogP contribution in [0.3, 0.4) is 0 Å². The highest BCUT2D eigenvalue weighted by atomic mass is 32.2. The van der Waals surface area contributed by atoms with Crippen LogP contribution < -0.4 is 10.0 Å². The maximum Gasteiger partial charge on any atom is 0.420 e. The molecule has 0 saturated heterocycles. The average molecular weight is 472 g/mol. The van der Waals surface area contributed by atoms with Gasteiger partial charge >= 0.3 is 6.18 Å². The molecule has 2 aromatic rings. The number of hydrogen-bond donors (Lipinski definition) is 2. The van der Waals surface area contributed by atoms with E-state index in [9.17, 15) is 27.6 Å². The van der Waals surface area contributed by atoms with Crippen LogP contribution in [0, 0.1) is 5.41 Å². The lowest BCUT2D eigenvalue weighted by Crippen LogP contribution is -2.42. The van der Waals surface area contributed by atoms with Gasteiger partial charge in [-0.3, -0.25) is 14.7 Å². The van der Waals surface area contributed by atoms with E-state index in [4.69, 9.17) is 0 Å². The van der Waals surface area contributed by atoms with Crippen LogP contribution in [0.5, 0.6) is 0 Å². The Bertz CT molecular complexity index is 1090. The molecule has 172 valence electrons. The number of pyridine rings is 1. The molecule has 2 bridgehead atoms. The number of anilines is 1. The van der Waals surface area contributed by atoms with Gasteiger partial charge in [-0.25, -0.2) is 4.39 Å². The van der Waals surface area contributed by atoms with E-state index in [0.29, 0.717) is 43.6 Å². The number of thioether (sulfide) groups is 1. The highest BCUT2D eigenvalue weighted by Crippen LogP contribution is 2.64. The summed E-state index contributed by atoms with van der Waals surface area (Å²) in [5, 5.41) is 17.0. The molecule has 6 rings (SSSR count). The Labute approximate surface area is 185 Å². The Morgan fingerprint density at radius 3 is 2.66 bits per heavy atom. The summed E-state index contributed by atoms with van der Waals surface area (Å²) in [7, 11) is 0. The van der Waals surface area contributed by atoms with Gasteiger partial charge in [-0.05, 0) is 50.2 Å². The minimum absolute atomic E-state index is 0.0889. The van der Waals surface area contributed by atoms with Crippen LogP contribution in [-0.2, 0) is 12.7 Å². The van der Waals surface area contributed by atoms with E-state index in [1.165, 1.54) is 34.8 Å². The molecule has 0 aliphatic heterocycles. The predicted molar refractivity (Wildman–Crippen MR) is 107 cm³/mol. The van der Waals surface area contributed by atoms with Crippen LogP contribution in [0.15, 0.2) is 23.4 Å². The Hall–Kier alpha value is -2.30. The van der Waals surface area contributed by atoms with Crippen molar-refractivity contribution in [2.75, 3.05) is 11.6 Å². The fourth-order valence-electron chi connectivity index (χ4n) is 5.28. The molecule has 6 nitrogen and oxygen atoms in total. The summed E-state index contributed by atoms with van der Waals surface area (Å²) in [6, 6.07) is 2.86. The zero-order chi connectivity index (χ0) is 22.9. The molecule has 32 heavy (non-hydrogen) atoms. The minimum Gasteiger partial charge on any atom is -0.320 e. The molecule has 4 aliphatic carbocycles. The summed E-state index contributed by atoms with van der Waals surface area (Å²) in [4.78, 5) is 13.2. The van der Waals surface area contributed by atoms with Gasteiger partial charge in [0.25, 0.3) is 10.9 Å². The monoisotopic (exact) mass is 471 g/mol. The molecule has 0 aromatic carbocycles. The molecule has 1 amide bonds. The van der Waals surface area contributed by atoms with Crippen molar-refractivity contribution in [2.24, 2.45) is 5.41 Å². The normalized spacial score (nSPS) is 26.8. The number of rotatable bonds is 6. The molecule has 0 spiro atoms. The second-order valence-electron chi connectivity index (χ2n) is 9.30. The summed E-state index contributed by atoms with van der Waals surface area (Å²) in [6.07, 6.45) is 1.06. The molecule has 0 radical (unpaired) electrons. The first-order chi connectivity index (χ1) is 15.0. The SMILES string of the molecule is CSc1cc(NC(=O)c2c(C(F)(F)F)c(C3CC3)nn2CC23CCC(F)(C2)C3)cc[n+]1O. The van der Waals surface area contributed by atoms with Crippen molar-refractivity contribution in [1.29, 1.82) is 0 Å². The van der Waals surface area contributed by atoms with Gasteiger partial charge in [-0.1, -0.05) is 11.8 Å². The molecule has 0 unspecified atom stereocenters. The van der Waals surface area contributed by atoms with Crippen LogP contribution in [0.25, 0.3) is 0 Å². The van der Waals surface area contributed by atoms with Crippen LogP contribution in [0.4, 0.5) is 23.2 Å². The Morgan fingerprint density at radius 2 is 2.09 bits per heavy atom. The predicted octanol–water partition coefficient (Wildman–Crippen LogP) is 4.56. The lowest BCUT2D eigenvalue weighted by Gasteiger charge is -2.42. The number of nitrogens with one attached hydrogen (secondary N) is 1. The fourth-order valence-corrected chi connectivity index (χ4v) is 5.78. The molecule has 2 heterocycles. The van der Waals surface area contributed by atoms with Gasteiger partial charge in [-0.2, -0.15) is 18.3 Å². The summed E-state index contributed by atoms with van der Waals surface area (Å²) in [6.45, 7) is 0.0959. The molecule has 2 N–H and O–H groups in total. The van der Waals surface area contributed by atoms with E-state index in [0.717, 1.165) is 4.73 Å². The van der Waals surface area contributed by atoms with Crippen molar-refractivity contribution in [3.05, 3.63) is 35.3 Å². The summed E-state index contributed by atoms with van der Waals surface area (Å²) >= 11 is 1.21. The summed E-state index contributed by atoms with van der Waals surface area (Å²) in [5.41, 5.74) is -3.02. The van der Waals surface area contributed by atoms with E-state index in [-0.39, 0.29) is 23.8 Å². The van der Waals surface area contributed by atoms with Crippen LogP contribution in [-0.4, -0.2) is 32.8 Å². The zero-order valence-electron chi connectivity index (χ0n) is 17.4. The molecular weight excluding hydrogens is 448 g/mol. The Morgan fingerprint density at radius 1 is 1.38 bits per heavy atom. The zero-order valence-corrected chi connectivity index (χ0v) is 18.2. The number of hydrogen-bond acceptors (Lipinski definition) is 4. The third-order valence-electron chi connectivity index (χ3n) is 6.78. The van der Waals surface area contributed by atoms with Gasteiger partial charge in [0.2, 0.25) is 6.20 Å². The largest absolute Gasteiger partial charge is 0.420 e. The van der Waals surface area contributed by atoms with Crippen molar-refractivity contribution in [1.82, 2.24) is 9.78 Å². The van der Waals surface area contributed by atoms with Crippen LogP contribution in [0.2, 0.25) is 0 Å². The number of nitrogens with zero attached hydrogens (tertiary/aromatic N) is 3. The molecule has 4 saturated carbocycles. The van der Waals surface area contributed by atoms with E-state index in [2.05, 4.69) is 10.4 Å². The summed E-state index contributed by atoms with van der Waals surface area (Å²) < 4.78 is 58.8. The average Bonchev–Trinajstić information content (AvgIpc) is 3.29. The maximum absolute atomic E-state index is 14.4. The van der Waals surface area contributed by atoms with E-state index >= 15 is 0 Å². The fraction of sp³-hybridized carbons (Fsp3) is 0.571. The van der Waals surface area contributed by atoms with Gasteiger partial charge < -0.3 is 5.32 Å². The highest BCUT2D eigenvalue weighted by molar-refractivity contribution is 7.98. The van der Waals surface area contributed by atoms with Crippen molar-refractivity contribution < 1.29 is 32.3 Å². The second kappa shape index (κ2) is 7.10. The summed E-state index contributed by atoms with van der Waals surface area (Å²) in [5.74, 6) is -1.23. The third kappa shape index (κ3) is 3.64. The second-order valence-corrected chi connectivity index (χ2v) is 10.1. The van der Waals surface area contributed by atoms with Gasteiger partial charge in [0.1, 0.15) is 16.9 Å². The quantitative estimate of drug-likeness (QED) is 0.281. The minimum atomic E-state index is -4.74. The molecule has 0 atom stereocenters. The molecule has 4 aliphatic rings. The van der Waals surface area contributed by atoms with E-state index in [1.54, 1.807) is 6.26 Å². The number of halogens is 4. The number of alkyl halides is 4. The van der Waals surface area contributed by atoms with Crippen molar-refractivity contribution in [2.45, 2.75) is 67.9 Å². The topological polar surface area (TPSA) is 71.0 Å². The van der Waals surface area contributed by atoms with Gasteiger partial charge in [0.15, 0.2) is 0 Å². The number of carbonyl (C=O) groups is 1. The number of aromatic nitrogens is 3. The van der Waals surface area contributed by atoms with E-state index < -0.39 is 34.4 Å². The van der Waals surface area contributed by atoms with Crippen molar-refractivity contribution in [3.63, 3.8) is 0 Å². The standard InChI is InChI=1S/C21H22F4N4O2S/c1-32-14-8-13(4-7-29(14)31)26-18(30)17-15(21(23,24)25)16(12-2-3-12)27-28(17)11-19-5-6-20(22,9-19)10-19/h4,7-8,12,31H,2-3,5-6,9-11H2,1H3/p+1. The highest BCUT2D eigenvalue weighted by Gasteiger charge is 2.62. The first-order valence-corrected chi connectivity index (χ1v) is 11.7. The van der Waals surface area contributed by atoms with Crippen LogP contribution in [0.1, 0.15) is 66.2 Å². The molecular formula is C21H23F4N4O2S+. The number of carbonyl (C=O) groups excluding carboxylic acids is 1. The van der Waals surface area contributed by atoms with E-state index in [1.807, 2.05) is 0 Å². The first kappa shape index (κ1) is 21.5. The lowest BCUT2D eigenvalue weighted by atomic mass is 9.68. The lowest BCUT2D eigenvalue weighted by molar-refractivity contribution is -0.932. The molecule has 11 heteroatoms. The molecule has 4 fully saturated rings.